The van der Waals surface area contributed by atoms with E-state index in [1.165, 1.54) is 58.0 Å². The summed E-state index contributed by atoms with van der Waals surface area (Å²) in [4.78, 5) is 2.90. The van der Waals surface area contributed by atoms with Crippen molar-refractivity contribution in [3.8, 4) is 0 Å². The average Bonchev–Trinajstić information content (AvgIpc) is 3.14. The molecule has 1 N–H and O–H groups in total. The molecular weight excluding hydrogens is 220 g/mol. The van der Waals surface area contributed by atoms with Gasteiger partial charge in [0.15, 0.2) is 0 Å². The molecular formula is C16H30N2. The second kappa shape index (κ2) is 4.49. The van der Waals surface area contributed by atoms with Gasteiger partial charge >= 0.3 is 0 Å². The van der Waals surface area contributed by atoms with Gasteiger partial charge in [-0.2, -0.15) is 0 Å². The molecule has 2 heteroatoms. The Morgan fingerprint density at radius 2 is 1.94 bits per heavy atom. The maximum atomic E-state index is 3.96. The Bertz CT molecular complexity index is 304. The zero-order valence-corrected chi connectivity index (χ0v) is 12.5. The van der Waals surface area contributed by atoms with Crippen molar-refractivity contribution in [2.75, 3.05) is 13.1 Å². The van der Waals surface area contributed by atoms with Crippen molar-refractivity contribution < 1.29 is 0 Å². The van der Waals surface area contributed by atoms with E-state index in [4.69, 9.17) is 0 Å². The minimum absolute atomic E-state index is 0.400. The summed E-state index contributed by atoms with van der Waals surface area (Å²) in [5.41, 5.74) is 0.904. The molecule has 1 aliphatic heterocycles. The van der Waals surface area contributed by atoms with Gasteiger partial charge in [0.1, 0.15) is 0 Å². The van der Waals surface area contributed by atoms with Crippen molar-refractivity contribution in [2.45, 2.75) is 82.8 Å². The Hall–Kier alpha value is -0.0800. The lowest BCUT2D eigenvalue weighted by molar-refractivity contribution is -0.0222. The molecule has 1 saturated heterocycles. The van der Waals surface area contributed by atoms with Crippen LogP contribution in [0.3, 0.4) is 0 Å². The Morgan fingerprint density at radius 1 is 1.28 bits per heavy atom. The van der Waals surface area contributed by atoms with Gasteiger partial charge in [0.2, 0.25) is 0 Å². The number of hydrogen-bond acceptors (Lipinski definition) is 2. The largest absolute Gasteiger partial charge is 0.308 e. The van der Waals surface area contributed by atoms with Gasteiger partial charge in [-0.05, 0) is 51.9 Å². The van der Waals surface area contributed by atoms with E-state index in [2.05, 4.69) is 31.0 Å². The van der Waals surface area contributed by atoms with E-state index in [1.54, 1.807) is 0 Å². The van der Waals surface area contributed by atoms with Gasteiger partial charge in [0.25, 0.3) is 0 Å². The third-order valence-corrected chi connectivity index (χ3v) is 6.06. The molecule has 2 nitrogen and oxygen atoms in total. The van der Waals surface area contributed by atoms with Crippen molar-refractivity contribution in [2.24, 2.45) is 5.92 Å². The highest BCUT2D eigenvalue weighted by atomic mass is 15.3. The van der Waals surface area contributed by atoms with E-state index in [9.17, 15) is 0 Å². The zero-order valence-electron chi connectivity index (χ0n) is 12.5. The lowest BCUT2D eigenvalue weighted by Gasteiger charge is -2.55. The second-order valence-electron chi connectivity index (χ2n) is 7.36. The van der Waals surface area contributed by atoms with Gasteiger partial charge in [-0.25, -0.2) is 0 Å². The Morgan fingerprint density at radius 3 is 2.50 bits per heavy atom. The molecule has 1 heterocycles. The van der Waals surface area contributed by atoms with E-state index in [0.717, 1.165) is 12.0 Å². The van der Waals surface area contributed by atoms with Crippen LogP contribution in [0.5, 0.6) is 0 Å². The molecule has 2 unspecified atom stereocenters. The third kappa shape index (κ3) is 2.02. The molecule has 3 rings (SSSR count). The lowest BCUT2D eigenvalue weighted by Crippen LogP contribution is -2.70. The van der Waals surface area contributed by atoms with E-state index >= 15 is 0 Å². The third-order valence-electron chi connectivity index (χ3n) is 6.06. The van der Waals surface area contributed by atoms with Crippen LogP contribution in [0.2, 0.25) is 0 Å². The molecule has 0 aromatic heterocycles. The Labute approximate surface area is 113 Å². The van der Waals surface area contributed by atoms with Crippen LogP contribution in [0.4, 0.5) is 0 Å². The first-order chi connectivity index (χ1) is 8.60. The monoisotopic (exact) mass is 250 g/mol. The quantitative estimate of drug-likeness (QED) is 0.827. The van der Waals surface area contributed by atoms with E-state index < -0.39 is 0 Å². The van der Waals surface area contributed by atoms with Crippen LogP contribution in [0.15, 0.2) is 0 Å². The van der Waals surface area contributed by atoms with Crippen LogP contribution in [-0.4, -0.2) is 35.1 Å². The van der Waals surface area contributed by atoms with Gasteiger partial charge in [0, 0.05) is 30.2 Å². The summed E-state index contributed by atoms with van der Waals surface area (Å²) in [6.07, 6.45) is 9.91. The maximum Gasteiger partial charge on any atom is 0.0337 e. The molecule has 2 aliphatic carbocycles. The van der Waals surface area contributed by atoms with Crippen molar-refractivity contribution in [1.82, 2.24) is 10.2 Å². The number of rotatable bonds is 3. The molecule has 2 saturated carbocycles. The molecule has 3 fully saturated rings. The second-order valence-corrected chi connectivity index (χ2v) is 7.36. The fourth-order valence-corrected chi connectivity index (χ4v) is 4.38. The molecule has 0 aromatic rings. The van der Waals surface area contributed by atoms with Crippen LogP contribution in [0.25, 0.3) is 0 Å². The molecule has 1 spiro atoms. The fourth-order valence-electron chi connectivity index (χ4n) is 4.38. The highest BCUT2D eigenvalue weighted by Gasteiger charge is 2.52. The first-order valence-corrected chi connectivity index (χ1v) is 8.11. The normalized spacial score (nSPS) is 38.2. The molecule has 18 heavy (non-hydrogen) atoms. The smallest absolute Gasteiger partial charge is 0.0337 e. The predicted octanol–water partition coefficient (Wildman–Crippen LogP) is 3.17. The summed E-state index contributed by atoms with van der Waals surface area (Å²) < 4.78 is 0. The number of nitrogens with zero attached hydrogens (tertiary/aromatic N) is 1. The fraction of sp³-hybridized carbons (Fsp3) is 1.00. The standard InChI is InChI=1S/C16H30N2/c1-4-13(2)18-12-15(3,14-7-8-14)17-11-16(18)9-5-6-10-16/h13-14,17H,4-12H2,1-3H3. The van der Waals surface area contributed by atoms with Gasteiger partial charge < -0.3 is 5.32 Å². The minimum Gasteiger partial charge on any atom is -0.308 e. The van der Waals surface area contributed by atoms with Crippen LogP contribution in [-0.2, 0) is 0 Å². The van der Waals surface area contributed by atoms with Crippen LogP contribution in [0, 0.1) is 5.92 Å². The van der Waals surface area contributed by atoms with Crippen LogP contribution < -0.4 is 5.32 Å². The number of nitrogens with one attached hydrogen (secondary N) is 1. The summed E-state index contributed by atoms with van der Waals surface area (Å²) in [6.45, 7) is 9.79. The molecule has 0 amide bonds. The minimum atomic E-state index is 0.400. The molecule has 0 radical (unpaired) electrons. The summed E-state index contributed by atoms with van der Waals surface area (Å²) in [5, 5.41) is 3.96. The van der Waals surface area contributed by atoms with Gasteiger partial charge in [0.05, 0.1) is 0 Å². The summed E-state index contributed by atoms with van der Waals surface area (Å²) in [5.74, 6) is 0.947. The Balaban J connectivity index is 1.81. The molecule has 2 atom stereocenters. The maximum absolute atomic E-state index is 3.96. The summed E-state index contributed by atoms with van der Waals surface area (Å²) in [7, 11) is 0. The topological polar surface area (TPSA) is 15.3 Å². The number of piperazine rings is 1. The van der Waals surface area contributed by atoms with Crippen LogP contribution >= 0.6 is 0 Å². The van der Waals surface area contributed by atoms with Crippen molar-refractivity contribution in [1.29, 1.82) is 0 Å². The van der Waals surface area contributed by atoms with Gasteiger partial charge in [-0.1, -0.05) is 19.8 Å². The first-order valence-electron chi connectivity index (χ1n) is 8.11. The van der Waals surface area contributed by atoms with Gasteiger partial charge in [-0.3, -0.25) is 4.90 Å². The highest BCUT2D eigenvalue weighted by Crippen LogP contribution is 2.46. The van der Waals surface area contributed by atoms with Crippen molar-refractivity contribution in [3.63, 3.8) is 0 Å². The number of hydrogen-bond donors (Lipinski definition) is 1. The van der Waals surface area contributed by atoms with E-state index in [1.807, 2.05) is 0 Å². The zero-order chi connectivity index (χ0) is 12.8. The van der Waals surface area contributed by atoms with Crippen molar-refractivity contribution >= 4 is 0 Å². The molecule has 104 valence electrons. The molecule has 0 aromatic carbocycles. The van der Waals surface area contributed by atoms with Gasteiger partial charge in [-0.15, -0.1) is 0 Å². The van der Waals surface area contributed by atoms with Crippen molar-refractivity contribution in [3.05, 3.63) is 0 Å². The summed E-state index contributed by atoms with van der Waals surface area (Å²) >= 11 is 0. The van der Waals surface area contributed by atoms with E-state index in [-0.39, 0.29) is 0 Å². The molecule has 3 aliphatic rings. The first kappa shape index (κ1) is 12.9. The summed E-state index contributed by atoms with van der Waals surface area (Å²) in [6, 6.07) is 0.753. The predicted molar refractivity (Wildman–Crippen MR) is 76.8 cm³/mol. The average molecular weight is 250 g/mol. The Kier molecular flexibility index (Phi) is 3.22. The molecule has 0 bridgehead atoms. The van der Waals surface area contributed by atoms with E-state index in [0.29, 0.717) is 11.1 Å². The highest BCUT2D eigenvalue weighted by molar-refractivity contribution is 5.11. The van der Waals surface area contributed by atoms with Crippen LogP contribution in [0.1, 0.15) is 65.7 Å². The SMILES string of the molecule is CCC(C)N1CC(C)(C2CC2)NCC12CCCC2. The lowest BCUT2D eigenvalue weighted by atomic mass is 9.82.